The van der Waals surface area contributed by atoms with Gasteiger partial charge < -0.3 is 15.2 Å². The minimum Gasteiger partial charge on any atom is -0.497 e. The van der Waals surface area contributed by atoms with Gasteiger partial charge in [0.05, 0.1) is 18.6 Å². The molecular weight excluding hydrogens is 301 g/mol. The van der Waals surface area contributed by atoms with Gasteiger partial charge >= 0.3 is 0 Å². The van der Waals surface area contributed by atoms with E-state index in [9.17, 15) is 9.90 Å². The summed E-state index contributed by atoms with van der Waals surface area (Å²) in [7, 11) is 1.56. The molecule has 0 spiro atoms. The molecule has 20 heavy (non-hydrogen) atoms. The normalized spacial score (nSPS) is 24.9. The number of ether oxygens (including phenoxy) is 1. The Hall–Kier alpha value is -0.970. The molecule has 1 aliphatic rings. The molecule has 2 N–H and O–H groups in total. The van der Waals surface area contributed by atoms with Crippen LogP contribution >= 0.6 is 23.2 Å². The summed E-state index contributed by atoms with van der Waals surface area (Å²) in [5, 5.41) is 12.7. The molecule has 0 heterocycles. The van der Waals surface area contributed by atoms with Gasteiger partial charge in [-0.2, -0.15) is 0 Å². The van der Waals surface area contributed by atoms with Crippen molar-refractivity contribution >= 4 is 29.1 Å². The number of carbonyl (C=O) groups excluding carboxylic acids is 1. The summed E-state index contributed by atoms with van der Waals surface area (Å²) in [6.07, 6.45) is -0.388. The number of hydrogen-bond donors (Lipinski definition) is 2. The van der Waals surface area contributed by atoms with Crippen molar-refractivity contribution in [1.82, 2.24) is 5.32 Å². The molecule has 0 radical (unpaired) electrons. The molecule has 0 bridgehead atoms. The zero-order valence-electron chi connectivity index (χ0n) is 11.3. The van der Waals surface area contributed by atoms with E-state index in [0.717, 1.165) is 0 Å². The Morgan fingerprint density at radius 3 is 2.75 bits per heavy atom. The summed E-state index contributed by atoms with van der Waals surface area (Å²) in [5.74, 6) is 0.409. The van der Waals surface area contributed by atoms with E-state index in [2.05, 4.69) is 5.32 Å². The van der Waals surface area contributed by atoms with E-state index < -0.39 is 15.9 Å². The highest BCUT2D eigenvalue weighted by Gasteiger charge is 2.67. The predicted molar refractivity (Wildman–Crippen MR) is 78.1 cm³/mol. The third kappa shape index (κ3) is 2.87. The van der Waals surface area contributed by atoms with Crippen LogP contribution in [0.1, 0.15) is 25.0 Å². The smallest absolute Gasteiger partial charge is 0.229 e. The average Bonchev–Trinajstić information content (AvgIpc) is 2.96. The molecular formula is C14H17Cl2NO3. The van der Waals surface area contributed by atoms with Crippen molar-refractivity contribution in [2.75, 3.05) is 13.7 Å². The van der Waals surface area contributed by atoms with E-state index in [1.54, 1.807) is 38.3 Å². The Morgan fingerprint density at radius 2 is 2.20 bits per heavy atom. The lowest BCUT2D eigenvalue weighted by molar-refractivity contribution is -0.126. The summed E-state index contributed by atoms with van der Waals surface area (Å²) < 4.78 is 4.09. The molecule has 1 amide bonds. The highest BCUT2D eigenvalue weighted by atomic mass is 35.5. The highest BCUT2D eigenvalue weighted by Crippen LogP contribution is 2.63. The van der Waals surface area contributed by atoms with Gasteiger partial charge in [0.25, 0.3) is 0 Å². The lowest BCUT2D eigenvalue weighted by atomic mass is 10.1. The number of carbonyl (C=O) groups is 1. The number of hydrogen-bond acceptors (Lipinski definition) is 3. The number of benzene rings is 1. The van der Waals surface area contributed by atoms with E-state index in [1.807, 2.05) is 0 Å². The Bertz CT molecular complexity index is 521. The Kier molecular flexibility index (Phi) is 4.19. The van der Waals surface area contributed by atoms with Gasteiger partial charge in [0.1, 0.15) is 10.1 Å². The largest absolute Gasteiger partial charge is 0.497 e. The summed E-state index contributed by atoms with van der Waals surface area (Å²) in [4.78, 5) is 12.0. The van der Waals surface area contributed by atoms with Crippen LogP contribution in [0.4, 0.5) is 0 Å². The van der Waals surface area contributed by atoms with Gasteiger partial charge in [0.2, 0.25) is 5.91 Å². The van der Waals surface area contributed by atoms with Crippen molar-refractivity contribution in [3.8, 4) is 5.75 Å². The number of nitrogens with one attached hydrogen (secondary N) is 1. The molecule has 0 aromatic heterocycles. The monoisotopic (exact) mass is 317 g/mol. The third-order valence-electron chi connectivity index (χ3n) is 3.69. The van der Waals surface area contributed by atoms with Crippen molar-refractivity contribution < 1.29 is 14.6 Å². The minimum atomic E-state index is -1.00. The third-order valence-corrected chi connectivity index (χ3v) is 4.79. The first-order valence-corrected chi connectivity index (χ1v) is 7.04. The van der Waals surface area contributed by atoms with Crippen molar-refractivity contribution in [3.63, 3.8) is 0 Å². The van der Waals surface area contributed by atoms with Gasteiger partial charge in [0.15, 0.2) is 0 Å². The molecule has 2 atom stereocenters. The van der Waals surface area contributed by atoms with Crippen molar-refractivity contribution in [3.05, 3.63) is 29.8 Å². The molecule has 2 rings (SSSR count). The van der Waals surface area contributed by atoms with Gasteiger partial charge in [-0.25, -0.2) is 0 Å². The van der Waals surface area contributed by atoms with Gasteiger partial charge in [-0.1, -0.05) is 12.1 Å². The fraction of sp³-hybridized carbons (Fsp3) is 0.500. The number of methoxy groups -OCH3 is 1. The molecule has 0 saturated heterocycles. The second-order valence-corrected chi connectivity index (χ2v) is 6.70. The number of aliphatic hydroxyl groups is 1. The van der Waals surface area contributed by atoms with E-state index >= 15 is 0 Å². The molecule has 1 saturated carbocycles. The van der Waals surface area contributed by atoms with Crippen molar-refractivity contribution in [1.29, 1.82) is 0 Å². The van der Waals surface area contributed by atoms with Crippen LogP contribution in [0.2, 0.25) is 0 Å². The summed E-state index contributed by atoms with van der Waals surface area (Å²) >= 11 is 11.9. The fourth-order valence-corrected chi connectivity index (χ4v) is 2.70. The lowest BCUT2D eigenvalue weighted by Crippen LogP contribution is -2.36. The van der Waals surface area contributed by atoms with E-state index in [1.165, 1.54) is 0 Å². The van der Waals surface area contributed by atoms with Crippen molar-refractivity contribution in [2.24, 2.45) is 5.41 Å². The molecule has 1 aromatic rings. The summed E-state index contributed by atoms with van der Waals surface area (Å²) in [5.41, 5.74) is -0.0990. The summed E-state index contributed by atoms with van der Waals surface area (Å²) in [6, 6.07) is 7.06. The average molecular weight is 318 g/mol. The van der Waals surface area contributed by atoms with E-state index in [4.69, 9.17) is 27.9 Å². The second kappa shape index (κ2) is 5.43. The number of rotatable bonds is 5. The quantitative estimate of drug-likeness (QED) is 0.820. The van der Waals surface area contributed by atoms with Gasteiger partial charge in [-0.3, -0.25) is 4.79 Å². The molecule has 4 nitrogen and oxygen atoms in total. The first-order valence-electron chi connectivity index (χ1n) is 6.28. The van der Waals surface area contributed by atoms with Crippen LogP contribution in [0.5, 0.6) is 5.75 Å². The molecule has 0 unspecified atom stereocenters. The fourth-order valence-electron chi connectivity index (χ4n) is 2.00. The molecule has 110 valence electrons. The standard InChI is InChI=1S/C14H17Cl2NO3/c1-13(8-14(13,15)16)12(19)17-7-11(18)9-4-3-5-10(6-9)20-2/h3-6,11,18H,7-8H2,1-2H3,(H,17,19)/t11-,13+/m1/s1. The van der Waals surface area contributed by atoms with E-state index in [-0.39, 0.29) is 12.5 Å². The Balaban J connectivity index is 1.92. The number of aliphatic hydroxyl groups excluding tert-OH is 1. The van der Waals surface area contributed by atoms with Gasteiger partial charge in [-0.15, -0.1) is 23.2 Å². The van der Waals surface area contributed by atoms with Crippen LogP contribution < -0.4 is 10.1 Å². The van der Waals surface area contributed by atoms with Crippen LogP contribution in [0, 0.1) is 5.41 Å². The zero-order valence-corrected chi connectivity index (χ0v) is 12.8. The maximum absolute atomic E-state index is 12.0. The number of alkyl halides is 2. The zero-order chi connectivity index (χ0) is 15.0. The van der Waals surface area contributed by atoms with E-state index in [0.29, 0.717) is 17.7 Å². The Morgan fingerprint density at radius 1 is 1.55 bits per heavy atom. The molecule has 1 aliphatic carbocycles. The first-order chi connectivity index (χ1) is 9.30. The maximum atomic E-state index is 12.0. The van der Waals surface area contributed by atoms with Gasteiger partial charge in [-0.05, 0) is 31.0 Å². The predicted octanol–water partition coefficient (Wildman–Crippen LogP) is 2.43. The molecule has 1 aromatic carbocycles. The number of halogens is 2. The molecule has 6 heteroatoms. The second-order valence-electron chi connectivity index (χ2n) is 5.22. The summed E-state index contributed by atoms with van der Waals surface area (Å²) in [6.45, 7) is 1.81. The van der Waals surface area contributed by atoms with Crippen LogP contribution in [0.25, 0.3) is 0 Å². The van der Waals surface area contributed by atoms with Crippen LogP contribution in [0.3, 0.4) is 0 Å². The minimum absolute atomic E-state index is 0.103. The maximum Gasteiger partial charge on any atom is 0.229 e. The van der Waals surface area contributed by atoms with Gasteiger partial charge in [0, 0.05) is 6.54 Å². The molecule has 0 aliphatic heterocycles. The van der Waals surface area contributed by atoms with Crippen molar-refractivity contribution in [2.45, 2.75) is 23.8 Å². The van der Waals surface area contributed by atoms with Crippen LogP contribution in [0.15, 0.2) is 24.3 Å². The molecule has 1 fully saturated rings. The Labute approximate surface area is 128 Å². The van der Waals surface area contributed by atoms with Crippen LogP contribution in [-0.4, -0.2) is 29.0 Å². The first kappa shape index (κ1) is 15.4. The lowest BCUT2D eigenvalue weighted by Gasteiger charge is -2.16. The number of amides is 1. The topological polar surface area (TPSA) is 58.6 Å². The van der Waals surface area contributed by atoms with Crippen LogP contribution in [-0.2, 0) is 4.79 Å². The highest BCUT2D eigenvalue weighted by molar-refractivity contribution is 6.53. The SMILES string of the molecule is COc1cccc([C@H](O)CNC(=O)[C@]2(C)CC2(Cl)Cl)c1.